The van der Waals surface area contributed by atoms with E-state index in [9.17, 15) is 0 Å². The molecular weight excluding hydrogens is 458 g/mol. The maximum atomic E-state index is 5.92. The smallest absolute Gasteiger partial charge is 0.0504 e. The van der Waals surface area contributed by atoms with E-state index in [2.05, 4.69) is 140 Å². The highest BCUT2D eigenvalue weighted by atomic mass is 14.5. The third kappa shape index (κ3) is 3.51. The van der Waals surface area contributed by atoms with Gasteiger partial charge in [-0.3, -0.25) is 0 Å². The zero-order chi connectivity index (χ0) is 25.5. The van der Waals surface area contributed by atoms with E-state index in [1.54, 1.807) is 0 Å². The van der Waals surface area contributed by atoms with Gasteiger partial charge in [0.1, 0.15) is 0 Å². The number of hydrogen-bond donors (Lipinski definition) is 1. The van der Waals surface area contributed by atoms with Gasteiger partial charge in [-0.05, 0) is 85.8 Å². The Morgan fingerprint density at radius 2 is 1.24 bits per heavy atom. The van der Waals surface area contributed by atoms with Gasteiger partial charge < -0.3 is 5.73 Å². The number of hydrogen-bond acceptors (Lipinski definition) is 1. The largest absolute Gasteiger partial charge is 0.326 e. The van der Waals surface area contributed by atoms with Gasteiger partial charge in [-0.1, -0.05) is 121 Å². The van der Waals surface area contributed by atoms with E-state index in [0.29, 0.717) is 6.54 Å². The molecule has 7 rings (SSSR count). The van der Waals surface area contributed by atoms with Crippen LogP contribution in [-0.2, 0) is 12.0 Å². The van der Waals surface area contributed by atoms with E-state index < -0.39 is 0 Å². The number of rotatable bonds is 3. The third-order valence-electron chi connectivity index (χ3n) is 8.22. The van der Waals surface area contributed by atoms with Crippen LogP contribution in [-0.4, -0.2) is 0 Å². The van der Waals surface area contributed by atoms with Crippen molar-refractivity contribution >= 4 is 6.08 Å². The van der Waals surface area contributed by atoms with Crippen molar-refractivity contribution in [2.24, 2.45) is 5.73 Å². The maximum absolute atomic E-state index is 5.92. The molecule has 2 N–H and O–H groups in total. The quantitative estimate of drug-likeness (QED) is 0.270. The number of allylic oxidation sites excluding steroid dienone is 3. The molecule has 0 fully saturated rings. The fourth-order valence-electron chi connectivity index (χ4n) is 6.44. The Labute approximate surface area is 224 Å². The minimum atomic E-state index is -0.229. The molecule has 0 amide bonds. The van der Waals surface area contributed by atoms with E-state index in [-0.39, 0.29) is 5.41 Å². The molecular formula is C37H29N. The van der Waals surface area contributed by atoms with Crippen LogP contribution in [0.4, 0.5) is 0 Å². The first-order valence-electron chi connectivity index (χ1n) is 13.3. The van der Waals surface area contributed by atoms with Crippen LogP contribution < -0.4 is 5.73 Å². The van der Waals surface area contributed by atoms with Crippen LogP contribution in [0.3, 0.4) is 0 Å². The van der Waals surface area contributed by atoms with Crippen LogP contribution in [0.2, 0.25) is 0 Å². The number of benzene rings is 5. The second-order valence-electron chi connectivity index (χ2n) is 10.3. The first-order chi connectivity index (χ1) is 18.8. The molecule has 0 heterocycles. The molecule has 1 heteroatoms. The lowest BCUT2D eigenvalue weighted by atomic mass is 9.68. The number of nitrogens with two attached hydrogens (primary N) is 1. The number of fused-ring (bicyclic) bond motifs is 7. The summed E-state index contributed by atoms with van der Waals surface area (Å²) in [5.41, 5.74) is 19.8. The van der Waals surface area contributed by atoms with Gasteiger partial charge >= 0.3 is 0 Å². The molecule has 1 spiro atoms. The molecule has 1 nitrogen and oxygen atoms in total. The lowest BCUT2D eigenvalue weighted by molar-refractivity contribution is 0.643. The Morgan fingerprint density at radius 3 is 2.08 bits per heavy atom. The first-order valence-corrected chi connectivity index (χ1v) is 13.3. The summed E-state index contributed by atoms with van der Waals surface area (Å²) < 4.78 is 0. The molecule has 0 aromatic heterocycles. The van der Waals surface area contributed by atoms with Crippen molar-refractivity contribution in [2.75, 3.05) is 0 Å². The summed E-state index contributed by atoms with van der Waals surface area (Å²) >= 11 is 0. The zero-order valence-corrected chi connectivity index (χ0v) is 21.3. The van der Waals surface area contributed by atoms with Crippen molar-refractivity contribution in [3.63, 3.8) is 0 Å². The van der Waals surface area contributed by atoms with Crippen molar-refractivity contribution in [3.8, 4) is 33.4 Å². The van der Waals surface area contributed by atoms with Crippen molar-refractivity contribution < 1.29 is 0 Å². The van der Waals surface area contributed by atoms with Crippen LogP contribution in [0.15, 0.2) is 133 Å². The van der Waals surface area contributed by atoms with Crippen LogP contribution in [0.25, 0.3) is 39.5 Å². The predicted octanol–water partition coefficient (Wildman–Crippen LogP) is 8.77. The predicted molar refractivity (Wildman–Crippen MR) is 160 cm³/mol. The highest BCUT2D eigenvalue weighted by Gasteiger charge is 2.44. The molecule has 1 unspecified atom stereocenters. The molecule has 5 aromatic rings. The van der Waals surface area contributed by atoms with Crippen LogP contribution in [0.5, 0.6) is 0 Å². The van der Waals surface area contributed by atoms with Crippen LogP contribution in [0.1, 0.15) is 34.2 Å². The SMILES string of the molecule is NCc1cccc(-c2cccc(-c3ccc4c(c3)C3(C/C=C\C=C/c5ccccc53)c3ccccc3-4)c2)c1. The van der Waals surface area contributed by atoms with E-state index in [1.165, 1.54) is 55.6 Å². The van der Waals surface area contributed by atoms with Gasteiger partial charge in [0.25, 0.3) is 0 Å². The molecule has 1 atom stereocenters. The Balaban J connectivity index is 1.44. The summed E-state index contributed by atoms with van der Waals surface area (Å²) in [7, 11) is 0. The highest BCUT2D eigenvalue weighted by molar-refractivity contribution is 5.87. The van der Waals surface area contributed by atoms with Crippen LogP contribution in [0, 0.1) is 0 Å². The van der Waals surface area contributed by atoms with Crippen molar-refractivity contribution in [1.82, 2.24) is 0 Å². The van der Waals surface area contributed by atoms with Crippen molar-refractivity contribution in [2.45, 2.75) is 18.4 Å². The molecule has 0 bridgehead atoms. The third-order valence-corrected chi connectivity index (χ3v) is 8.22. The van der Waals surface area contributed by atoms with Gasteiger partial charge in [-0.15, -0.1) is 0 Å². The monoisotopic (exact) mass is 487 g/mol. The molecule has 2 aliphatic rings. The van der Waals surface area contributed by atoms with Crippen LogP contribution >= 0.6 is 0 Å². The van der Waals surface area contributed by atoms with E-state index >= 15 is 0 Å². The van der Waals surface area contributed by atoms with Gasteiger partial charge in [-0.2, -0.15) is 0 Å². The van der Waals surface area contributed by atoms with Crippen molar-refractivity contribution in [1.29, 1.82) is 0 Å². The van der Waals surface area contributed by atoms with Crippen molar-refractivity contribution in [3.05, 3.63) is 161 Å². The maximum Gasteiger partial charge on any atom is 0.0504 e. The molecule has 5 aromatic carbocycles. The Bertz CT molecular complexity index is 1740. The van der Waals surface area contributed by atoms with Gasteiger partial charge in [0.2, 0.25) is 0 Å². The van der Waals surface area contributed by atoms with Gasteiger partial charge in [0, 0.05) is 6.54 Å². The molecule has 2 aliphatic carbocycles. The van der Waals surface area contributed by atoms with E-state index in [4.69, 9.17) is 5.73 Å². The molecule has 182 valence electrons. The molecule has 0 aliphatic heterocycles. The van der Waals surface area contributed by atoms with E-state index in [0.717, 1.165) is 12.0 Å². The fourth-order valence-corrected chi connectivity index (χ4v) is 6.44. The average Bonchev–Trinajstić information content (AvgIpc) is 3.26. The fraction of sp³-hybridized carbons (Fsp3) is 0.0811. The summed E-state index contributed by atoms with van der Waals surface area (Å²) in [5, 5.41) is 0. The average molecular weight is 488 g/mol. The van der Waals surface area contributed by atoms with Gasteiger partial charge in [-0.25, -0.2) is 0 Å². The zero-order valence-electron chi connectivity index (χ0n) is 21.3. The molecule has 0 saturated carbocycles. The normalized spacial score (nSPS) is 18.7. The van der Waals surface area contributed by atoms with Gasteiger partial charge in [0.15, 0.2) is 0 Å². The lowest BCUT2D eigenvalue weighted by Gasteiger charge is -2.34. The minimum Gasteiger partial charge on any atom is -0.326 e. The Kier molecular flexibility index (Phi) is 5.46. The minimum absolute atomic E-state index is 0.229. The first kappa shape index (κ1) is 22.7. The highest BCUT2D eigenvalue weighted by Crippen LogP contribution is 2.56. The molecule has 0 saturated heterocycles. The Hall–Kier alpha value is -4.46. The topological polar surface area (TPSA) is 26.0 Å². The second-order valence-corrected chi connectivity index (χ2v) is 10.3. The van der Waals surface area contributed by atoms with Gasteiger partial charge in [0.05, 0.1) is 5.41 Å². The standard InChI is InChI=1S/C37H29N/c38-25-26-10-8-13-28(22-26)29-14-9-15-30(23-29)31-19-20-33-32-16-4-6-18-35(32)37(36(33)24-31)21-7-1-2-11-27-12-3-5-17-34(27)37/h1-20,22-24H,21,25,38H2/b7-1-,11-2-. The van der Waals surface area contributed by atoms with E-state index in [1.807, 2.05) is 0 Å². The second kappa shape index (κ2) is 9.13. The summed E-state index contributed by atoms with van der Waals surface area (Å²) in [6, 6.07) is 42.3. The molecule has 38 heavy (non-hydrogen) atoms. The summed E-state index contributed by atoms with van der Waals surface area (Å²) in [6.45, 7) is 0.548. The molecule has 0 radical (unpaired) electrons. The summed E-state index contributed by atoms with van der Waals surface area (Å²) in [4.78, 5) is 0. The summed E-state index contributed by atoms with van der Waals surface area (Å²) in [6.07, 6.45) is 9.86. The lowest BCUT2D eigenvalue weighted by Crippen LogP contribution is -2.27. The summed E-state index contributed by atoms with van der Waals surface area (Å²) in [5.74, 6) is 0. The Morgan fingerprint density at radius 1 is 0.553 bits per heavy atom.